The predicted molar refractivity (Wildman–Crippen MR) is 52.1 cm³/mol. The van der Waals surface area contributed by atoms with E-state index in [2.05, 4.69) is 20.5 Å². The third-order valence-electron chi connectivity index (χ3n) is 1.49. The summed E-state index contributed by atoms with van der Waals surface area (Å²) < 4.78 is 1.15. The Morgan fingerprint density at radius 3 is 2.50 bits per heavy atom. The lowest BCUT2D eigenvalue weighted by molar-refractivity contribution is 0.758. The van der Waals surface area contributed by atoms with E-state index in [0.29, 0.717) is 5.95 Å². The van der Waals surface area contributed by atoms with E-state index < -0.39 is 0 Å². The summed E-state index contributed by atoms with van der Waals surface area (Å²) in [5.74, 6) is 16.5. The summed E-state index contributed by atoms with van der Waals surface area (Å²) in [5, 5.41) is 3.39. The number of hydrazine groups is 1. The van der Waals surface area contributed by atoms with Crippen LogP contribution in [0.5, 0.6) is 0 Å². The second kappa shape index (κ2) is 3.79. The zero-order valence-electron chi connectivity index (χ0n) is 7.97. The van der Waals surface area contributed by atoms with E-state index in [1.54, 1.807) is 19.0 Å². The zero-order valence-corrected chi connectivity index (χ0v) is 7.97. The topological polar surface area (TPSA) is 136 Å². The van der Waals surface area contributed by atoms with Crippen molar-refractivity contribution in [2.45, 2.75) is 0 Å². The minimum Gasteiger partial charge on any atom is -0.347 e. The summed E-state index contributed by atoms with van der Waals surface area (Å²) in [5.41, 5.74) is 2.41. The molecule has 1 aromatic rings. The van der Waals surface area contributed by atoms with Gasteiger partial charge in [0.2, 0.25) is 11.9 Å². The molecule has 0 aliphatic carbocycles. The van der Waals surface area contributed by atoms with Crippen molar-refractivity contribution in [1.82, 2.24) is 14.6 Å². The Bertz CT molecular complexity index is 377. The average Bonchev–Trinajstić information content (AvgIpc) is 2.17. The van der Waals surface area contributed by atoms with Crippen LogP contribution < -0.4 is 33.5 Å². The highest BCUT2D eigenvalue weighted by Crippen LogP contribution is 2.02. The van der Waals surface area contributed by atoms with Gasteiger partial charge in [0.1, 0.15) is 0 Å². The summed E-state index contributed by atoms with van der Waals surface area (Å²) in [4.78, 5) is 9.50. The Balaban J connectivity index is 3.43. The molecule has 0 unspecified atom stereocenters. The monoisotopic (exact) mass is 199 g/mol. The van der Waals surface area contributed by atoms with E-state index in [0.717, 1.165) is 4.68 Å². The predicted octanol–water partition coefficient (Wildman–Crippen LogP) is -2.88. The Kier molecular flexibility index (Phi) is 2.72. The van der Waals surface area contributed by atoms with Gasteiger partial charge in [0.25, 0.3) is 5.62 Å². The van der Waals surface area contributed by atoms with Crippen molar-refractivity contribution in [2.75, 3.05) is 30.3 Å². The molecule has 1 heterocycles. The first-order valence-electron chi connectivity index (χ1n) is 3.74. The van der Waals surface area contributed by atoms with Gasteiger partial charge in [0.05, 0.1) is 0 Å². The van der Waals surface area contributed by atoms with Crippen LogP contribution in [-0.4, -0.2) is 28.7 Å². The van der Waals surface area contributed by atoms with Crippen LogP contribution in [0, 0.1) is 0 Å². The van der Waals surface area contributed by atoms with Crippen molar-refractivity contribution in [3.63, 3.8) is 0 Å². The molecule has 0 aliphatic rings. The molecule has 14 heavy (non-hydrogen) atoms. The maximum absolute atomic E-state index is 5.63. The third-order valence-corrected chi connectivity index (χ3v) is 1.49. The van der Waals surface area contributed by atoms with Gasteiger partial charge in [0, 0.05) is 14.1 Å². The van der Waals surface area contributed by atoms with Gasteiger partial charge in [-0.15, -0.1) is 5.10 Å². The van der Waals surface area contributed by atoms with Crippen LogP contribution in [0.1, 0.15) is 0 Å². The number of nitrogens with zero attached hydrogens (tertiary/aromatic N) is 5. The highest BCUT2D eigenvalue weighted by atomic mass is 15.5. The second-order valence-electron chi connectivity index (χ2n) is 2.69. The molecular formula is C5H13N9. The number of rotatable bonds is 2. The van der Waals surface area contributed by atoms with Crippen molar-refractivity contribution in [3.05, 3.63) is 5.62 Å². The van der Waals surface area contributed by atoms with Gasteiger partial charge < -0.3 is 16.6 Å². The van der Waals surface area contributed by atoms with E-state index in [1.807, 2.05) is 0 Å². The second-order valence-corrected chi connectivity index (χ2v) is 2.69. The highest BCUT2D eigenvalue weighted by molar-refractivity contribution is 5.34. The molecule has 9 nitrogen and oxygen atoms in total. The van der Waals surface area contributed by atoms with Gasteiger partial charge in [-0.2, -0.15) is 14.6 Å². The fourth-order valence-corrected chi connectivity index (χ4v) is 0.883. The van der Waals surface area contributed by atoms with Crippen molar-refractivity contribution < 1.29 is 0 Å². The highest BCUT2D eigenvalue weighted by Gasteiger charge is 2.07. The van der Waals surface area contributed by atoms with Crippen LogP contribution >= 0.6 is 0 Å². The summed E-state index contributed by atoms with van der Waals surface area (Å²) in [6.45, 7) is 0. The van der Waals surface area contributed by atoms with Crippen LogP contribution in [0.4, 0.5) is 11.9 Å². The molecule has 0 amide bonds. The summed E-state index contributed by atoms with van der Waals surface area (Å²) in [6, 6.07) is 0. The molecule has 78 valence electrons. The van der Waals surface area contributed by atoms with Crippen molar-refractivity contribution >= 4 is 11.9 Å². The average molecular weight is 199 g/mol. The molecule has 0 spiro atoms. The third kappa shape index (κ3) is 1.66. The van der Waals surface area contributed by atoms with Gasteiger partial charge >= 0.3 is 0 Å². The Hall–Kier alpha value is -2.03. The molecule has 9 heteroatoms. The Morgan fingerprint density at radius 1 is 1.43 bits per heavy atom. The zero-order chi connectivity index (χ0) is 10.7. The number of hydrogen-bond acceptors (Lipinski definition) is 8. The van der Waals surface area contributed by atoms with Gasteiger partial charge in [-0.25, -0.2) is 5.84 Å². The molecular weight excluding hydrogens is 186 g/mol. The van der Waals surface area contributed by atoms with Crippen LogP contribution in [0.25, 0.3) is 0 Å². The molecule has 0 aliphatic heterocycles. The summed E-state index contributed by atoms with van der Waals surface area (Å²) in [7, 11) is 3.54. The van der Waals surface area contributed by atoms with Gasteiger partial charge in [-0.3, -0.25) is 5.43 Å². The minimum atomic E-state index is 0.122. The van der Waals surface area contributed by atoms with Crippen LogP contribution in [0.3, 0.4) is 0 Å². The van der Waals surface area contributed by atoms with Crippen molar-refractivity contribution in [3.8, 4) is 0 Å². The van der Waals surface area contributed by atoms with E-state index in [1.165, 1.54) is 0 Å². The van der Waals surface area contributed by atoms with E-state index in [9.17, 15) is 0 Å². The fraction of sp³-hybridized carbons (Fsp3) is 0.400. The molecule has 0 radical (unpaired) electrons. The lowest BCUT2D eigenvalue weighted by Crippen LogP contribution is -2.38. The minimum absolute atomic E-state index is 0.122. The van der Waals surface area contributed by atoms with Gasteiger partial charge in [0.15, 0.2) is 0 Å². The molecule has 0 fully saturated rings. The molecule has 1 rings (SSSR count). The molecule has 0 saturated heterocycles. The molecule has 0 atom stereocenters. The lowest BCUT2D eigenvalue weighted by atomic mass is 10.7. The normalized spacial score (nSPS) is 11.5. The molecule has 0 saturated carbocycles. The van der Waals surface area contributed by atoms with Crippen LogP contribution in [0.15, 0.2) is 5.10 Å². The maximum atomic E-state index is 5.63. The van der Waals surface area contributed by atoms with Gasteiger partial charge in [-0.1, -0.05) is 0 Å². The standard InChI is InChI=1S/C5H13N9/c1-13(2)5-10-3(11-6)9-4(12-7)14(5)8/h6-8H2,1-2H3,(H,9,11,12). The number of nitrogens with two attached hydrogens (primary N) is 3. The lowest BCUT2D eigenvalue weighted by Gasteiger charge is -2.15. The number of nitrogen functional groups attached to an aromatic ring is 2. The maximum Gasteiger partial charge on any atom is 0.271 e. The molecule has 7 N–H and O–H groups in total. The first-order valence-corrected chi connectivity index (χ1v) is 3.74. The smallest absolute Gasteiger partial charge is 0.271 e. The Morgan fingerprint density at radius 2 is 2.07 bits per heavy atom. The Labute approximate surface area is 80.2 Å². The largest absolute Gasteiger partial charge is 0.347 e. The summed E-state index contributed by atoms with van der Waals surface area (Å²) >= 11 is 0. The molecule has 1 aromatic heterocycles. The van der Waals surface area contributed by atoms with Crippen LogP contribution in [-0.2, 0) is 0 Å². The number of aromatic nitrogens is 3. The first kappa shape index (κ1) is 10.1. The van der Waals surface area contributed by atoms with Crippen LogP contribution in [0.2, 0.25) is 0 Å². The number of hydrogen-bond donors (Lipinski definition) is 4. The van der Waals surface area contributed by atoms with Crippen molar-refractivity contribution in [1.29, 1.82) is 0 Å². The van der Waals surface area contributed by atoms with E-state index in [4.69, 9.17) is 17.5 Å². The molecule has 0 aromatic carbocycles. The summed E-state index contributed by atoms with van der Waals surface area (Å²) in [6.07, 6.45) is 0. The number of anilines is 2. The van der Waals surface area contributed by atoms with Crippen molar-refractivity contribution in [2.24, 2.45) is 16.8 Å². The van der Waals surface area contributed by atoms with Gasteiger partial charge in [-0.05, 0) is 0 Å². The molecule has 0 bridgehead atoms. The quantitative estimate of drug-likeness (QED) is 0.296. The first-order chi connectivity index (χ1) is 6.60. The fourth-order valence-electron chi connectivity index (χ4n) is 0.883. The van der Waals surface area contributed by atoms with E-state index >= 15 is 0 Å². The number of nitrogens with one attached hydrogen (secondary N) is 1. The SMILES string of the molecule is CN(C)c1nc(NN)n/c(=N\N)n1N. The van der Waals surface area contributed by atoms with E-state index in [-0.39, 0.29) is 11.6 Å².